The normalized spacial score (nSPS) is 12.6. The first kappa shape index (κ1) is 11.3. The number of hydrogen-bond donors (Lipinski definition) is 3. The third kappa shape index (κ3) is 2.87. The van der Waals surface area contributed by atoms with Crippen molar-refractivity contribution in [3.63, 3.8) is 0 Å². The van der Waals surface area contributed by atoms with Crippen molar-refractivity contribution in [3.8, 4) is 0 Å². The van der Waals surface area contributed by atoms with Gasteiger partial charge in [0.1, 0.15) is 0 Å². The summed E-state index contributed by atoms with van der Waals surface area (Å²) in [5, 5.41) is 12.7. The van der Waals surface area contributed by atoms with Crippen LogP contribution in [0.25, 0.3) is 0 Å². The molecular formula is C10H15ClN2O. The lowest BCUT2D eigenvalue weighted by Gasteiger charge is -2.15. The van der Waals surface area contributed by atoms with Gasteiger partial charge in [0.2, 0.25) is 0 Å². The van der Waals surface area contributed by atoms with Gasteiger partial charge in [-0.1, -0.05) is 17.7 Å². The third-order valence-corrected chi connectivity index (χ3v) is 2.45. The molecule has 4 N–H and O–H groups in total. The van der Waals surface area contributed by atoms with Gasteiger partial charge in [-0.25, -0.2) is 0 Å². The van der Waals surface area contributed by atoms with Crippen LogP contribution in [0.15, 0.2) is 18.2 Å². The van der Waals surface area contributed by atoms with E-state index in [1.807, 2.05) is 25.1 Å². The lowest BCUT2D eigenvalue weighted by Crippen LogP contribution is -2.32. The molecule has 4 heteroatoms. The van der Waals surface area contributed by atoms with E-state index in [4.69, 9.17) is 22.4 Å². The lowest BCUT2D eigenvalue weighted by atomic mass is 10.2. The first-order chi connectivity index (χ1) is 6.67. The summed E-state index contributed by atoms with van der Waals surface area (Å²) in [7, 11) is 0. The molecule has 0 fully saturated rings. The predicted octanol–water partition coefficient (Wildman–Crippen LogP) is 1.38. The van der Waals surface area contributed by atoms with Crippen molar-refractivity contribution in [2.45, 2.75) is 13.0 Å². The molecule has 3 nitrogen and oxygen atoms in total. The Morgan fingerprint density at radius 3 is 2.79 bits per heavy atom. The summed E-state index contributed by atoms with van der Waals surface area (Å²) in [5.74, 6) is 0. The minimum atomic E-state index is -0.117. The second kappa shape index (κ2) is 5.20. The topological polar surface area (TPSA) is 58.3 Å². The van der Waals surface area contributed by atoms with Gasteiger partial charge in [0, 0.05) is 17.3 Å². The molecule has 0 aliphatic carbocycles. The zero-order valence-corrected chi connectivity index (χ0v) is 8.88. The number of nitrogens with two attached hydrogens (primary N) is 1. The predicted molar refractivity (Wildman–Crippen MR) is 59.7 cm³/mol. The van der Waals surface area contributed by atoms with Gasteiger partial charge < -0.3 is 16.2 Å². The van der Waals surface area contributed by atoms with Crippen molar-refractivity contribution < 1.29 is 5.11 Å². The quantitative estimate of drug-likeness (QED) is 0.710. The number of halogens is 1. The summed E-state index contributed by atoms with van der Waals surface area (Å²) in [5.41, 5.74) is 7.36. The van der Waals surface area contributed by atoms with Crippen LogP contribution in [0.3, 0.4) is 0 Å². The van der Waals surface area contributed by atoms with Crippen LogP contribution in [0.5, 0.6) is 0 Å². The minimum absolute atomic E-state index is 0.0159. The molecule has 1 unspecified atom stereocenters. The van der Waals surface area contributed by atoms with Gasteiger partial charge in [0.25, 0.3) is 0 Å². The lowest BCUT2D eigenvalue weighted by molar-refractivity contribution is 0.276. The van der Waals surface area contributed by atoms with Crippen LogP contribution >= 0.6 is 11.6 Å². The molecule has 1 rings (SSSR count). The maximum Gasteiger partial charge on any atom is 0.0645 e. The van der Waals surface area contributed by atoms with Crippen molar-refractivity contribution in [2.24, 2.45) is 5.73 Å². The van der Waals surface area contributed by atoms with Crippen molar-refractivity contribution in [1.29, 1.82) is 0 Å². The van der Waals surface area contributed by atoms with Crippen LogP contribution in [0.2, 0.25) is 5.02 Å². The fourth-order valence-corrected chi connectivity index (χ4v) is 1.28. The Labute approximate surface area is 88.9 Å². The molecule has 0 saturated carbocycles. The molecule has 0 heterocycles. The Kier molecular flexibility index (Phi) is 4.20. The molecule has 1 atom stereocenters. The highest BCUT2D eigenvalue weighted by Gasteiger charge is 2.04. The number of benzene rings is 1. The molecule has 14 heavy (non-hydrogen) atoms. The Morgan fingerprint density at radius 1 is 1.57 bits per heavy atom. The second-order valence-electron chi connectivity index (χ2n) is 3.22. The van der Waals surface area contributed by atoms with Crippen LogP contribution < -0.4 is 11.1 Å². The van der Waals surface area contributed by atoms with Gasteiger partial charge in [-0.2, -0.15) is 0 Å². The molecule has 0 radical (unpaired) electrons. The van der Waals surface area contributed by atoms with Crippen LogP contribution in [0.1, 0.15) is 5.56 Å². The van der Waals surface area contributed by atoms with Crippen molar-refractivity contribution in [2.75, 3.05) is 18.5 Å². The Morgan fingerprint density at radius 2 is 2.29 bits per heavy atom. The van der Waals surface area contributed by atoms with Crippen molar-refractivity contribution in [3.05, 3.63) is 28.8 Å². The zero-order chi connectivity index (χ0) is 10.6. The van der Waals surface area contributed by atoms with E-state index in [1.54, 1.807) is 0 Å². The second-order valence-corrected chi connectivity index (χ2v) is 3.63. The number of nitrogens with one attached hydrogen (secondary N) is 1. The fraction of sp³-hybridized carbons (Fsp3) is 0.400. The third-order valence-electron chi connectivity index (χ3n) is 2.05. The average Bonchev–Trinajstić information content (AvgIpc) is 2.19. The summed E-state index contributed by atoms with van der Waals surface area (Å²) in [6.07, 6.45) is 0. The van der Waals surface area contributed by atoms with Crippen LogP contribution in [0, 0.1) is 6.92 Å². The molecular weight excluding hydrogens is 200 g/mol. The fourth-order valence-electron chi connectivity index (χ4n) is 1.10. The monoisotopic (exact) mass is 214 g/mol. The molecule has 0 aliphatic rings. The standard InChI is InChI=1S/C10H15ClN2O/c1-7-2-3-8(4-10(7)11)13-9(5-12)6-14/h2-4,9,13-14H,5-6,12H2,1H3. The SMILES string of the molecule is Cc1ccc(NC(CN)CO)cc1Cl. The highest BCUT2D eigenvalue weighted by molar-refractivity contribution is 6.31. The summed E-state index contributed by atoms with van der Waals surface area (Å²) < 4.78 is 0. The van der Waals surface area contributed by atoms with Crippen molar-refractivity contribution in [1.82, 2.24) is 0 Å². The molecule has 1 aromatic rings. The number of aliphatic hydroxyl groups is 1. The van der Waals surface area contributed by atoms with E-state index in [0.717, 1.165) is 11.3 Å². The summed E-state index contributed by atoms with van der Waals surface area (Å²) in [6.45, 7) is 2.35. The van der Waals surface area contributed by atoms with Crippen molar-refractivity contribution >= 4 is 17.3 Å². The van der Waals surface area contributed by atoms with E-state index >= 15 is 0 Å². The van der Waals surface area contributed by atoms with Gasteiger partial charge in [-0.05, 0) is 24.6 Å². The number of aryl methyl sites for hydroxylation is 1. The molecule has 0 bridgehead atoms. The zero-order valence-electron chi connectivity index (χ0n) is 8.13. The van der Waals surface area contributed by atoms with E-state index in [9.17, 15) is 0 Å². The molecule has 1 aromatic carbocycles. The minimum Gasteiger partial charge on any atom is -0.394 e. The molecule has 78 valence electrons. The van der Waals surface area contributed by atoms with Gasteiger partial charge in [0.15, 0.2) is 0 Å². The molecule has 0 aliphatic heterocycles. The van der Waals surface area contributed by atoms with E-state index < -0.39 is 0 Å². The van der Waals surface area contributed by atoms with E-state index in [-0.39, 0.29) is 12.6 Å². The highest BCUT2D eigenvalue weighted by atomic mass is 35.5. The Balaban J connectivity index is 2.72. The maximum atomic E-state index is 8.94. The summed E-state index contributed by atoms with van der Waals surface area (Å²) in [6, 6.07) is 5.55. The number of rotatable bonds is 4. The summed E-state index contributed by atoms with van der Waals surface area (Å²) in [4.78, 5) is 0. The van der Waals surface area contributed by atoms with Gasteiger partial charge >= 0.3 is 0 Å². The molecule has 0 amide bonds. The van der Waals surface area contributed by atoms with Gasteiger partial charge in [0.05, 0.1) is 12.6 Å². The van der Waals surface area contributed by atoms with Crippen LogP contribution in [-0.4, -0.2) is 24.3 Å². The van der Waals surface area contributed by atoms with Gasteiger partial charge in [-0.3, -0.25) is 0 Å². The highest BCUT2D eigenvalue weighted by Crippen LogP contribution is 2.20. The van der Waals surface area contributed by atoms with Crippen LogP contribution in [0.4, 0.5) is 5.69 Å². The molecule has 0 saturated heterocycles. The first-order valence-corrected chi connectivity index (χ1v) is 4.88. The average molecular weight is 215 g/mol. The van der Waals surface area contributed by atoms with Gasteiger partial charge in [-0.15, -0.1) is 0 Å². The largest absolute Gasteiger partial charge is 0.394 e. The maximum absolute atomic E-state index is 8.94. The molecule has 0 aromatic heterocycles. The summed E-state index contributed by atoms with van der Waals surface area (Å²) >= 11 is 5.95. The number of hydrogen-bond acceptors (Lipinski definition) is 3. The van der Waals surface area contributed by atoms with E-state index in [1.165, 1.54) is 0 Å². The molecule has 0 spiro atoms. The first-order valence-electron chi connectivity index (χ1n) is 4.51. The number of aliphatic hydroxyl groups excluding tert-OH is 1. The Hall–Kier alpha value is -0.770. The Bertz CT molecular complexity index is 300. The van der Waals surface area contributed by atoms with Crippen LogP contribution in [-0.2, 0) is 0 Å². The number of anilines is 1. The van der Waals surface area contributed by atoms with E-state index in [0.29, 0.717) is 11.6 Å². The van der Waals surface area contributed by atoms with E-state index in [2.05, 4.69) is 5.32 Å². The smallest absolute Gasteiger partial charge is 0.0645 e.